The fourth-order valence-electron chi connectivity index (χ4n) is 1.42. The molecule has 0 aromatic carbocycles. The number of pyridine rings is 1. The largest absolute Gasteiger partial charge is 0.477 e. The van der Waals surface area contributed by atoms with Crippen molar-refractivity contribution in [3.63, 3.8) is 0 Å². The van der Waals surface area contributed by atoms with Gasteiger partial charge >= 0.3 is 5.97 Å². The molecule has 2 aromatic heterocycles. The monoisotopic (exact) mass is 269 g/mol. The summed E-state index contributed by atoms with van der Waals surface area (Å²) in [6.45, 7) is 1.74. The number of hydrogen-bond donors (Lipinski definition) is 1. The van der Waals surface area contributed by atoms with Crippen molar-refractivity contribution in [1.29, 1.82) is 0 Å². The number of carboxylic acids is 1. The van der Waals surface area contributed by atoms with Crippen LogP contribution in [0.5, 0.6) is 0 Å². The molecule has 0 aliphatic carbocycles. The number of nitrogens with zero attached hydrogens (tertiary/aromatic N) is 3. The van der Waals surface area contributed by atoms with Gasteiger partial charge in [0, 0.05) is 7.05 Å². The second-order valence-corrected chi connectivity index (χ2v) is 3.91. The third-order valence-corrected chi connectivity index (χ3v) is 2.92. The Bertz CT molecular complexity index is 562. The zero-order valence-corrected chi connectivity index (χ0v) is 9.74. The van der Waals surface area contributed by atoms with Crippen LogP contribution in [-0.2, 0) is 7.05 Å². The van der Waals surface area contributed by atoms with E-state index in [0.717, 1.165) is 11.0 Å². The molecule has 15 heavy (non-hydrogen) atoms. The van der Waals surface area contributed by atoms with E-state index >= 15 is 0 Å². The molecule has 2 aromatic rings. The van der Waals surface area contributed by atoms with E-state index in [4.69, 9.17) is 5.11 Å². The molecule has 2 rings (SSSR count). The van der Waals surface area contributed by atoms with Crippen LogP contribution in [0, 0.1) is 6.92 Å². The minimum Gasteiger partial charge on any atom is -0.477 e. The summed E-state index contributed by atoms with van der Waals surface area (Å²) in [4.78, 5) is 19.0. The maximum atomic E-state index is 10.8. The summed E-state index contributed by atoms with van der Waals surface area (Å²) in [5.74, 6) is -1.03. The molecule has 5 nitrogen and oxygen atoms in total. The second kappa shape index (κ2) is 3.30. The highest BCUT2D eigenvalue weighted by atomic mass is 79.9. The molecule has 0 amide bonds. The lowest BCUT2D eigenvalue weighted by Crippen LogP contribution is -2.02. The Morgan fingerprint density at radius 3 is 2.80 bits per heavy atom. The van der Waals surface area contributed by atoms with E-state index in [1.165, 1.54) is 6.07 Å². The van der Waals surface area contributed by atoms with Crippen LogP contribution in [0.4, 0.5) is 0 Å². The predicted molar refractivity (Wildman–Crippen MR) is 57.9 cm³/mol. The highest BCUT2D eigenvalue weighted by Crippen LogP contribution is 2.21. The minimum atomic E-state index is -1.03. The van der Waals surface area contributed by atoms with Gasteiger partial charge in [0.05, 0.1) is 11.2 Å². The summed E-state index contributed by atoms with van der Waals surface area (Å²) < 4.78 is 2.43. The highest BCUT2D eigenvalue weighted by molar-refractivity contribution is 9.10. The first-order valence-corrected chi connectivity index (χ1v) is 5.03. The van der Waals surface area contributed by atoms with Gasteiger partial charge in [0.25, 0.3) is 0 Å². The molecular formula is C9H8BrN3O2. The molecule has 0 radical (unpaired) electrons. The van der Waals surface area contributed by atoms with Crippen LogP contribution in [0.1, 0.15) is 16.2 Å². The molecular weight excluding hydrogens is 262 g/mol. The van der Waals surface area contributed by atoms with Crippen molar-refractivity contribution in [2.24, 2.45) is 7.05 Å². The SMILES string of the molecule is Cc1nc(C(=O)O)cc2c1nc(Br)n2C. The molecule has 0 aliphatic heterocycles. The van der Waals surface area contributed by atoms with Gasteiger partial charge in [-0.3, -0.25) is 0 Å². The zero-order valence-electron chi connectivity index (χ0n) is 8.15. The third kappa shape index (κ3) is 1.50. The third-order valence-electron chi connectivity index (χ3n) is 2.21. The summed E-state index contributed by atoms with van der Waals surface area (Å²) in [6, 6.07) is 1.52. The Balaban J connectivity index is 2.85. The van der Waals surface area contributed by atoms with Gasteiger partial charge in [-0.2, -0.15) is 0 Å². The van der Waals surface area contributed by atoms with Gasteiger partial charge < -0.3 is 9.67 Å². The Morgan fingerprint density at radius 1 is 1.53 bits per heavy atom. The van der Waals surface area contributed by atoms with Gasteiger partial charge in [-0.15, -0.1) is 0 Å². The van der Waals surface area contributed by atoms with E-state index in [0.29, 0.717) is 10.4 Å². The standard InChI is InChI=1S/C9H8BrN3O2/c1-4-7-6(13(2)9(10)12-7)3-5(11-4)8(14)15/h3H,1-2H3,(H,14,15). The summed E-state index contributed by atoms with van der Waals surface area (Å²) in [5.41, 5.74) is 2.13. The minimum absolute atomic E-state index is 0.0375. The van der Waals surface area contributed by atoms with Crippen LogP contribution in [0.3, 0.4) is 0 Å². The second-order valence-electron chi connectivity index (χ2n) is 3.21. The number of aromatic carboxylic acids is 1. The molecule has 0 spiro atoms. The number of carboxylic acid groups (broad SMARTS) is 1. The first kappa shape index (κ1) is 10.1. The van der Waals surface area contributed by atoms with E-state index in [9.17, 15) is 4.79 Å². The molecule has 1 N–H and O–H groups in total. The maximum Gasteiger partial charge on any atom is 0.354 e. The van der Waals surface area contributed by atoms with Gasteiger partial charge in [0.2, 0.25) is 0 Å². The van der Waals surface area contributed by atoms with Crippen molar-refractivity contribution >= 4 is 32.9 Å². The lowest BCUT2D eigenvalue weighted by molar-refractivity contribution is 0.0690. The number of aromatic nitrogens is 3. The Hall–Kier alpha value is -1.43. The van der Waals surface area contributed by atoms with E-state index in [1.807, 2.05) is 7.05 Å². The molecule has 0 unspecified atom stereocenters. The van der Waals surface area contributed by atoms with Crippen LogP contribution in [0.2, 0.25) is 0 Å². The molecule has 78 valence electrons. The number of hydrogen-bond acceptors (Lipinski definition) is 3. The van der Waals surface area contributed by atoms with Gasteiger partial charge in [0.1, 0.15) is 5.52 Å². The molecule has 0 aliphatic rings. The van der Waals surface area contributed by atoms with Crippen LogP contribution in [0.15, 0.2) is 10.8 Å². The van der Waals surface area contributed by atoms with Gasteiger partial charge in [0.15, 0.2) is 10.4 Å². The van der Waals surface area contributed by atoms with Crippen molar-refractivity contribution in [2.45, 2.75) is 6.92 Å². The highest BCUT2D eigenvalue weighted by Gasteiger charge is 2.13. The van der Waals surface area contributed by atoms with Crippen molar-refractivity contribution in [3.05, 3.63) is 22.2 Å². The lowest BCUT2D eigenvalue weighted by Gasteiger charge is -1.99. The quantitative estimate of drug-likeness (QED) is 0.856. The van der Waals surface area contributed by atoms with Crippen LogP contribution >= 0.6 is 15.9 Å². The van der Waals surface area contributed by atoms with Crippen molar-refractivity contribution in [2.75, 3.05) is 0 Å². The normalized spacial score (nSPS) is 10.9. The molecule has 0 saturated carbocycles. The van der Waals surface area contributed by atoms with Gasteiger partial charge in [-0.25, -0.2) is 14.8 Å². The van der Waals surface area contributed by atoms with Crippen LogP contribution in [-0.4, -0.2) is 25.6 Å². The van der Waals surface area contributed by atoms with E-state index in [-0.39, 0.29) is 5.69 Å². The Morgan fingerprint density at radius 2 is 2.20 bits per heavy atom. The zero-order chi connectivity index (χ0) is 11.2. The molecule has 0 fully saturated rings. The van der Waals surface area contributed by atoms with Crippen molar-refractivity contribution in [3.8, 4) is 0 Å². The number of imidazole rings is 1. The summed E-state index contributed by atoms with van der Waals surface area (Å²) >= 11 is 3.28. The average molecular weight is 270 g/mol. The van der Waals surface area contributed by atoms with E-state index < -0.39 is 5.97 Å². The van der Waals surface area contributed by atoms with Crippen molar-refractivity contribution < 1.29 is 9.90 Å². The molecule has 6 heteroatoms. The fraction of sp³-hybridized carbons (Fsp3) is 0.222. The molecule has 0 saturated heterocycles. The summed E-state index contributed by atoms with van der Waals surface area (Å²) in [5, 5.41) is 8.86. The number of aryl methyl sites for hydroxylation is 2. The maximum absolute atomic E-state index is 10.8. The first-order valence-electron chi connectivity index (χ1n) is 4.23. The average Bonchev–Trinajstić information content (AvgIpc) is 2.45. The van der Waals surface area contributed by atoms with E-state index in [1.54, 1.807) is 11.5 Å². The fourth-order valence-corrected chi connectivity index (χ4v) is 1.79. The number of fused-ring (bicyclic) bond motifs is 1. The van der Waals surface area contributed by atoms with Crippen molar-refractivity contribution in [1.82, 2.24) is 14.5 Å². The smallest absolute Gasteiger partial charge is 0.354 e. The van der Waals surface area contributed by atoms with E-state index in [2.05, 4.69) is 25.9 Å². The lowest BCUT2D eigenvalue weighted by atomic mass is 10.2. The Kier molecular flexibility index (Phi) is 2.22. The Labute approximate surface area is 93.9 Å². The number of carbonyl (C=O) groups is 1. The molecule has 0 atom stereocenters. The van der Waals surface area contributed by atoms with Gasteiger partial charge in [-0.05, 0) is 28.9 Å². The number of halogens is 1. The predicted octanol–water partition coefficient (Wildman–Crippen LogP) is 1.74. The summed E-state index contributed by atoms with van der Waals surface area (Å²) in [7, 11) is 1.81. The van der Waals surface area contributed by atoms with Gasteiger partial charge in [-0.1, -0.05) is 0 Å². The van der Waals surface area contributed by atoms with Crippen LogP contribution < -0.4 is 0 Å². The summed E-state index contributed by atoms with van der Waals surface area (Å²) in [6.07, 6.45) is 0. The van der Waals surface area contributed by atoms with Crippen LogP contribution in [0.25, 0.3) is 11.0 Å². The molecule has 2 heterocycles. The molecule has 0 bridgehead atoms. The first-order chi connectivity index (χ1) is 7.00. The topological polar surface area (TPSA) is 68.0 Å². The number of rotatable bonds is 1.